The molecule has 0 unspecified atom stereocenters. The molecular weight excluding hydrogens is 180 g/mol. The van der Waals surface area contributed by atoms with Gasteiger partial charge >= 0.3 is 5.97 Å². The highest BCUT2D eigenvalue weighted by Gasteiger charge is 2.04. The summed E-state index contributed by atoms with van der Waals surface area (Å²) in [6.07, 6.45) is 1.11. The number of hydrogen-bond acceptors (Lipinski definition) is 3. The van der Waals surface area contributed by atoms with Crippen molar-refractivity contribution in [2.45, 2.75) is 6.92 Å². The van der Waals surface area contributed by atoms with E-state index in [1.54, 1.807) is 24.3 Å². The lowest BCUT2D eigenvalue weighted by Crippen LogP contribution is -2.00. The molecule has 0 saturated heterocycles. The van der Waals surface area contributed by atoms with Crippen molar-refractivity contribution in [1.82, 2.24) is 0 Å². The maximum atomic E-state index is 11.2. The summed E-state index contributed by atoms with van der Waals surface area (Å²) in [6, 6.07) is 6.75. The third-order valence-electron chi connectivity index (χ3n) is 1.59. The summed E-state index contributed by atoms with van der Waals surface area (Å²) in [4.78, 5) is 11.2. The number of esters is 1. The van der Waals surface area contributed by atoms with Gasteiger partial charge in [0.25, 0.3) is 0 Å². The maximum Gasteiger partial charge on any atom is 0.342 e. The highest BCUT2D eigenvalue weighted by Crippen LogP contribution is 2.12. The summed E-state index contributed by atoms with van der Waals surface area (Å²) in [5.74, 6) is 0.325. The van der Waals surface area contributed by atoms with Crippen LogP contribution in [0.1, 0.15) is 17.3 Å². The molecule has 0 N–H and O–H groups in total. The first-order valence-electron chi connectivity index (χ1n) is 4.32. The first-order chi connectivity index (χ1) is 6.77. The van der Waals surface area contributed by atoms with Crippen molar-refractivity contribution in [2.75, 3.05) is 6.61 Å². The van der Waals surface area contributed by atoms with Gasteiger partial charge in [-0.3, -0.25) is 0 Å². The van der Waals surface area contributed by atoms with Crippen LogP contribution in [0.15, 0.2) is 37.1 Å². The Kier molecular flexibility index (Phi) is 3.73. The van der Waals surface area contributed by atoms with Crippen LogP contribution in [0.2, 0.25) is 0 Å². The number of rotatable bonds is 4. The minimum atomic E-state index is -0.414. The Morgan fingerprint density at radius 3 is 2.57 bits per heavy atom. The first-order valence-corrected chi connectivity index (χ1v) is 4.32. The van der Waals surface area contributed by atoms with Gasteiger partial charge in [-0.05, 0) is 31.2 Å². The minimum Gasteiger partial charge on any atom is -0.494 e. The van der Waals surface area contributed by atoms with Gasteiger partial charge in [-0.2, -0.15) is 0 Å². The molecule has 1 rings (SSSR count). The summed E-state index contributed by atoms with van der Waals surface area (Å²) in [6.45, 7) is 5.82. The van der Waals surface area contributed by atoms with Gasteiger partial charge in [0.05, 0.1) is 18.4 Å². The van der Waals surface area contributed by atoms with Gasteiger partial charge in [-0.1, -0.05) is 6.58 Å². The van der Waals surface area contributed by atoms with Gasteiger partial charge in [0.2, 0.25) is 0 Å². The Morgan fingerprint density at radius 1 is 1.43 bits per heavy atom. The van der Waals surface area contributed by atoms with Crippen molar-refractivity contribution in [2.24, 2.45) is 0 Å². The van der Waals surface area contributed by atoms with E-state index in [1.807, 2.05) is 6.92 Å². The van der Waals surface area contributed by atoms with E-state index in [2.05, 4.69) is 11.3 Å². The van der Waals surface area contributed by atoms with Gasteiger partial charge < -0.3 is 9.47 Å². The van der Waals surface area contributed by atoms with Crippen molar-refractivity contribution in [3.8, 4) is 5.75 Å². The Morgan fingerprint density at radius 2 is 2.07 bits per heavy atom. The highest BCUT2D eigenvalue weighted by atomic mass is 16.5. The lowest BCUT2D eigenvalue weighted by atomic mass is 10.2. The monoisotopic (exact) mass is 192 g/mol. The fraction of sp³-hybridized carbons (Fsp3) is 0.182. The van der Waals surface area contributed by atoms with E-state index in [-0.39, 0.29) is 0 Å². The number of carbonyl (C=O) groups is 1. The summed E-state index contributed by atoms with van der Waals surface area (Å²) in [5, 5.41) is 0. The van der Waals surface area contributed by atoms with Crippen LogP contribution in [0.5, 0.6) is 5.75 Å². The lowest BCUT2D eigenvalue weighted by Gasteiger charge is -2.03. The molecule has 0 saturated carbocycles. The fourth-order valence-electron chi connectivity index (χ4n) is 0.998. The van der Waals surface area contributed by atoms with Crippen LogP contribution in [0, 0.1) is 0 Å². The van der Waals surface area contributed by atoms with Crippen LogP contribution in [-0.2, 0) is 4.74 Å². The van der Waals surface area contributed by atoms with Gasteiger partial charge in [-0.15, -0.1) is 0 Å². The van der Waals surface area contributed by atoms with Gasteiger partial charge in [0.1, 0.15) is 5.75 Å². The third kappa shape index (κ3) is 2.62. The standard InChI is InChI=1S/C11H12O3/c1-3-13-10-7-5-9(6-8-10)11(12)14-4-2/h4-8H,2-3H2,1H3. The van der Waals surface area contributed by atoms with Crippen LogP contribution in [0.4, 0.5) is 0 Å². The van der Waals surface area contributed by atoms with Crippen LogP contribution < -0.4 is 4.74 Å². The summed E-state index contributed by atoms with van der Waals surface area (Å²) < 4.78 is 9.84. The molecule has 0 aliphatic heterocycles. The Labute approximate surface area is 83.0 Å². The minimum absolute atomic E-state index is 0.414. The van der Waals surface area contributed by atoms with E-state index in [4.69, 9.17) is 4.74 Å². The second kappa shape index (κ2) is 5.07. The van der Waals surface area contributed by atoms with E-state index in [0.29, 0.717) is 12.2 Å². The topological polar surface area (TPSA) is 35.5 Å². The third-order valence-corrected chi connectivity index (χ3v) is 1.59. The van der Waals surface area contributed by atoms with Crippen molar-refractivity contribution >= 4 is 5.97 Å². The molecule has 3 heteroatoms. The van der Waals surface area contributed by atoms with E-state index in [1.165, 1.54) is 0 Å². The fourth-order valence-corrected chi connectivity index (χ4v) is 0.998. The predicted molar refractivity (Wildman–Crippen MR) is 53.2 cm³/mol. The largest absolute Gasteiger partial charge is 0.494 e. The molecule has 0 aromatic heterocycles. The van der Waals surface area contributed by atoms with Crippen LogP contribution in [0.25, 0.3) is 0 Å². The molecule has 14 heavy (non-hydrogen) atoms. The second-order valence-corrected chi connectivity index (χ2v) is 2.53. The van der Waals surface area contributed by atoms with E-state index in [9.17, 15) is 4.79 Å². The van der Waals surface area contributed by atoms with Crippen molar-refractivity contribution < 1.29 is 14.3 Å². The SMILES string of the molecule is C=COC(=O)c1ccc(OCC)cc1. The molecule has 0 fully saturated rings. The Hall–Kier alpha value is -1.77. The summed E-state index contributed by atoms with van der Waals surface area (Å²) in [5.41, 5.74) is 0.480. The number of carbonyl (C=O) groups excluding carboxylic acids is 1. The van der Waals surface area contributed by atoms with Gasteiger partial charge in [-0.25, -0.2) is 4.79 Å². The molecule has 0 bridgehead atoms. The average Bonchev–Trinajstić information content (AvgIpc) is 2.20. The van der Waals surface area contributed by atoms with E-state index in [0.717, 1.165) is 12.0 Å². The molecule has 0 radical (unpaired) electrons. The molecule has 1 aromatic rings. The van der Waals surface area contributed by atoms with Crippen LogP contribution in [-0.4, -0.2) is 12.6 Å². The molecule has 1 aromatic carbocycles. The number of benzene rings is 1. The summed E-state index contributed by atoms with van der Waals surface area (Å²) in [7, 11) is 0. The molecule has 0 aliphatic rings. The maximum absolute atomic E-state index is 11.2. The lowest BCUT2D eigenvalue weighted by molar-refractivity contribution is 0.0664. The zero-order chi connectivity index (χ0) is 10.4. The van der Waals surface area contributed by atoms with E-state index >= 15 is 0 Å². The zero-order valence-corrected chi connectivity index (χ0v) is 8.03. The highest BCUT2D eigenvalue weighted by molar-refractivity contribution is 5.89. The Bertz CT molecular complexity index is 314. The summed E-state index contributed by atoms with van der Waals surface area (Å²) >= 11 is 0. The molecular formula is C11H12O3. The smallest absolute Gasteiger partial charge is 0.342 e. The van der Waals surface area contributed by atoms with Crippen molar-refractivity contribution in [3.05, 3.63) is 42.7 Å². The van der Waals surface area contributed by atoms with E-state index < -0.39 is 5.97 Å². The number of hydrogen-bond donors (Lipinski definition) is 0. The predicted octanol–water partition coefficient (Wildman–Crippen LogP) is 2.39. The first kappa shape index (κ1) is 10.3. The Balaban J connectivity index is 2.72. The van der Waals surface area contributed by atoms with Gasteiger partial charge in [0.15, 0.2) is 0 Å². The molecule has 74 valence electrons. The van der Waals surface area contributed by atoms with Crippen LogP contribution >= 0.6 is 0 Å². The molecule has 0 aliphatic carbocycles. The molecule has 0 heterocycles. The molecule has 0 amide bonds. The molecule has 0 spiro atoms. The van der Waals surface area contributed by atoms with Crippen molar-refractivity contribution in [1.29, 1.82) is 0 Å². The van der Waals surface area contributed by atoms with Gasteiger partial charge in [0, 0.05) is 0 Å². The molecule has 3 nitrogen and oxygen atoms in total. The van der Waals surface area contributed by atoms with Crippen molar-refractivity contribution in [3.63, 3.8) is 0 Å². The normalized spacial score (nSPS) is 9.21. The second-order valence-electron chi connectivity index (χ2n) is 2.53. The average molecular weight is 192 g/mol. The number of ether oxygens (including phenoxy) is 2. The molecule has 0 atom stereocenters. The zero-order valence-electron chi connectivity index (χ0n) is 8.03. The van der Waals surface area contributed by atoms with Crippen LogP contribution in [0.3, 0.4) is 0 Å². The quantitative estimate of drug-likeness (QED) is 0.542.